The van der Waals surface area contributed by atoms with Crippen molar-refractivity contribution in [2.24, 2.45) is 0 Å². The van der Waals surface area contributed by atoms with Crippen LogP contribution in [0.4, 0.5) is 0 Å². The molecule has 0 saturated carbocycles. The molecule has 1 aromatic rings. The summed E-state index contributed by atoms with van der Waals surface area (Å²) < 4.78 is 0. The van der Waals surface area contributed by atoms with Crippen molar-refractivity contribution in [3.63, 3.8) is 0 Å². The van der Waals surface area contributed by atoms with Crippen LogP contribution in [0.5, 0.6) is 0 Å². The smallest absolute Gasteiger partial charge is 0.242 e. The molecule has 1 fully saturated rings. The lowest BCUT2D eigenvalue weighted by Gasteiger charge is -2.38. The lowest BCUT2D eigenvalue weighted by Crippen LogP contribution is -2.57. The number of nitrogens with one attached hydrogen (secondary N) is 1. The molecule has 0 atom stereocenters. The van der Waals surface area contributed by atoms with Crippen molar-refractivity contribution in [2.75, 3.05) is 33.2 Å². The fraction of sp³-hybridized carbons (Fsp3) is 0.643. The van der Waals surface area contributed by atoms with Crippen molar-refractivity contribution in [2.45, 2.75) is 25.9 Å². The molecule has 0 radical (unpaired) electrons. The summed E-state index contributed by atoms with van der Waals surface area (Å²) >= 11 is 1.80. The second kappa shape index (κ2) is 6.03. The minimum absolute atomic E-state index is 0.200. The van der Waals surface area contributed by atoms with Crippen LogP contribution in [0.25, 0.3) is 0 Å². The maximum atomic E-state index is 12.3. The van der Waals surface area contributed by atoms with Crippen LogP contribution in [0.1, 0.15) is 18.7 Å². The molecule has 4 nitrogen and oxygen atoms in total. The number of likely N-dealkylation sites (N-methyl/N-ethyl adjacent to an activating group) is 1. The van der Waals surface area contributed by atoms with Gasteiger partial charge < -0.3 is 10.2 Å². The number of carbonyl (C=O) groups is 1. The standard InChI is InChI=1S/C14H23N3OS/c1-14(2,15-3)13(18)17-8-6-16(7-9-17)11-12-5-4-10-19-12/h4-5,10,15H,6-9,11H2,1-3H3. The predicted molar refractivity (Wildman–Crippen MR) is 79.3 cm³/mol. The van der Waals surface area contributed by atoms with Gasteiger partial charge in [0.05, 0.1) is 5.54 Å². The molecule has 2 heterocycles. The van der Waals surface area contributed by atoms with Crippen LogP contribution in [0, 0.1) is 0 Å². The Morgan fingerprint density at radius 3 is 2.58 bits per heavy atom. The van der Waals surface area contributed by atoms with Crippen molar-refractivity contribution < 1.29 is 4.79 Å². The highest BCUT2D eigenvalue weighted by atomic mass is 32.1. The Hall–Kier alpha value is -0.910. The first kappa shape index (κ1) is 14.5. The summed E-state index contributed by atoms with van der Waals surface area (Å²) in [6.45, 7) is 8.47. The molecule has 1 amide bonds. The highest BCUT2D eigenvalue weighted by Crippen LogP contribution is 2.15. The molecule has 0 aliphatic carbocycles. The molecule has 106 valence electrons. The average molecular weight is 281 g/mol. The Labute approximate surface area is 119 Å². The number of thiophene rings is 1. The maximum absolute atomic E-state index is 12.3. The molecule has 2 rings (SSSR count). The van der Waals surface area contributed by atoms with Gasteiger partial charge in [0.2, 0.25) is 5.91 Å². The van der Waals surface area contributed by atoms with Crippen LogP contribution in [0.2, 0.25) is 0 Å². The second-order valence-corrected chi connectivity index (χ2v) is 6.55. The minimum Gasteiger partial charge on any atom is -0.339 e. The molecule has 1 aliphatic rings. The summed E-state index contributed by atoms with van der Waals surface area (Å²) in [5.74, 6) is 0.200. The van der Waals surface area contributed by atoms with E-state index in [4.69, 9.17) is 0 Å². The molecule has 1 saturated heterocycles. The molecule has 0 unspecified atom stereocenters. The fourth-order valence-electron chi connectivity index (χ4n) is 2.23. The van der Waals surface area contributed by atoms with E-state index < -0.39 is 5.54 Å². The molecule has 0 spiro atoms. The molecule has 5 heteroatoms. The number of amides is 1. The SMILES string of the molecule is CNC(C)(C)C(=O)N1CCN(Cc2cccs2)CC1. The molecule has 1 aliphatic heterocycles. The van der Waals surface area contributed by atoms with Crippen LogP contribution < -0.4 is 5.32 Å². The number of hydrogen-bond acceptors (Lipinski definition) is 4. The molecule has 0 bridgehead atoms. The Morgan fingerprint density at radius 1 is 1.37 bits per heavy atom. The second-order valence-electron chi connectivity index (χ2n) is 5.52. The lowest BCUT2D eigenvalue weighted by atomic mass is 10.0. The van der Waals surface area contributed by atoms with Gasteiger partial charge in [0.1, 0.15) is 0 Å². The fourth-order valence-corrected chi connectivity index (χ4v) is 2.98. The van der Waals surface area contributed by atoms with E-state index in [0.717, 1.165) is 32.7 Å². The first-order chi connectivity index (χ1) is 9.03. The van der Waals surface area contributed by atoms with Gasteiger partial charge in [-0.15, -0.1) is 11.3 Å². The van der Waals surface area contributed by atoms with E-state index in [9.17, 15) is 4.79 Å². The largest absolute Gasteiger partial charge is 0.339 e. The van der Waals surface area contributed by atoms with Crippen molar-refractivity contribution in [3.8, 4) is 0 Å². The zero-order valence-corrected chi connectivity index (χ0v) is 12.8. The molecular weight excluding hydrogens is 258 g/mol. The number of nitrogens with zero attached hydrogens (tertiary/aromatic N) is 2. The van der Waals surface area contributed by atoms with E-state index in [-0.39, 0.29) is 5.91 Å². The maximum Gasteiger partial charge on any atom is 0.242 e. The summed E-state index contributed by atoms with van der Waals surface area (Å²) in [6, 6.07) is 4.27. The summed E-state index contributed by atoms with van der Waals surface area (Å²) in [4.78, 5) is 18.1. The van der Waals surface area contributed by atoms with E-state index in [0.29, 0.717) is 0 Å². The van der Waals surface area contributed by atoms with Gasteiger partial charge in [-0.2, -0.15) is 0 Å². The third-order valence-corrected chi connectivity index (χ3v) is 4.64. The molecule has 0 aromatic carbocycles. The predicted octanol–water partition coefficient (Wildman–Crippen LogP) is 1.39. The van der Waals surface area contributed by atoms with Crippen LogP contribution in [0.15, 0.2) is 17.5 Å². The van der Waals surface area contributed by atoms with E-state index in [1.54, 1.807) is 11.3 Å². The van der Waals surface area contributed by atoms with Gasteiger partial charge in [-0.1, -0.05) is 6.07 Å². The highest BCUT2D eigenvalue weighted by Gasteiger charge is 2.32. The van der Waals surface area contributed by atoms with Crippen molar-refractivity contribution in [1.82, 2.24) is 15.1 Å². The summed E-state index contributed by atoms with van der Waals surface area (Å²) in [5, 5.41) is 5.20. The van der Waals surface area contributed by atoms with E-state index in [1.807, 2.05) is 25.8 Å². The Bertz CT molecular complexity index is 408. The van der Waals surface area contributed by atoms with Gasteiger partial charge in [-0.25, -0.2) is 0 Å². The number of piperazine rings is 1. The van der Waals surface area contributed by atoms with E-state index in [1.165, 1.54) is 4.88 Å². The Morgan fingerprint density at radius 2 is 2.05 bits per heavy atom. The van der Waals surface area contributed by atoms with E-state index in [2.05, 4.69) is 27.7 Å². The zero-order chi connectivity index (χ0) is 13.9. The summed E-state index contributed by atoms with van der Waals surface area (Å²) in [5.41, 5.74) is -0.462. The van der Waals surface area contributed by atoms with Crippen molar-refractivity contribution >= 4 is 17.2 Å². The van der Waals surface area contributed by atoms with Gasteiger partial charge in [-0.05, 0) is 32.3 Å². The van der Waals surface area contributed by atoms with Gasteiger partial charge in [0, 0.05) is 37.6 Å². The van der Waals surface area contributed by atoms with E-state index >= 15 is 0 Å². The summed E-state index contributed by atoms with van der Waals surface area (Å²) in [7, 11) is 1.84. The number of rotatable bonds is 4. The van der Waals surface area contributed by atoms with Crippen LogP contribution in [-0.4, -0.2) is 54.5 Å². The average Bonchev–Trinajstić information content (AvgIpc) is 2.91. The first-order valence-corrected chi connectivity index (χ1v) is 7.64. The summed E-state index contributed by atoms with van der Waals surface area (Å²) in [6.07, 6.45) is 0. The zero-order valence-electron chi connectivity index (χ0n) is 12.0. The van der Waals surface area contributed by atoms with Gasteiger partial charge in [0.15, 0.2) is 0 Å². The third kappa shape index (κ3) is 3.55. The Kier molecular flexibility index (Phi) is 4.60. The first-order valence-electron chi connectivity index (χ1n) is 6.76. The monoisotopic (exact) mass is 281 g/mol. The Balaban J connectivity index is 1.84. The molecular formula is C14H23N3OS. The molecule has 1 N–H and O–H groups in total. The molecule has 19 heavy (non-hydrogen) atoms. The van der Waals surface area contributed by atoms with Crippen molar-refractivity contribution in [1.29, 1.82) is 0 Å². The quantitative estimate of drug-likeness (QED) is 0.906. The topological polar surface area (TPSA) is 35.6 Å². The number of carbonyl (C=O) groups excluding carboxylic acids is 1. The van der Waals surface area contributed by atoms with Crippen molar-refractivity contribution in [3.05, 3.63) is 22.4 Å². The minimum atomic E-state index is -0.462. The third-order valence-electron chi connectivity index (χ3n) is 3.78. The molecule has 1 aromatic heterocycles. The normalized spacial score (nSPS) is 17.7. The van der Waals surface area contributed by atoms with Gasteiger partial charge in [-0.3, -0.25) is 9.69 Å². The highest BCUT2D eigenvalue weighted by molar-refractivity contribution is 7.09. The van der Waals surface area contributed by atoms with Gasteiger partial charge >= 0.3 is 0 Å². The number of hydrogen-bond donors (Lipinski definition) is 1. The van der Waals surface area contributed by atoms with Gasteiger partial charge in [0.25, 0.3) is 0 Å². The van der Waals surface area contributed by atoms with Crippen LogP contribution >= 0.6 is 11.3 Å². The van der Waals surface area contributed by atoms with Crippen LogP contribution in [0.3, 0.4) is 0 Å². The lowest BCUT2D eigenvalue weighted by molar-refractivity contribution is -0.138. The van der Waals surface area contributed by atoms with Crippen LogP contribution in [-0.2, 0) is 11.3 Å².